The lowest BCUT2D eigenvalue weighted by Gasteiger charge is -2.08. The van der Waals surface area contributed by atoms with Gasteiger partial charge in [-0.2, -0.15) is 0 Å². The second-order valence-electron chi connectivity index (χ2n) is 1.99. The van der Waals surface area contributed by atoms with Crippen molar-refractivity contribution in [2.75, 3.05) is 6.54 Å². The van der Waals surface area contributed by atoms with Crippen LogP contribution in [-0.4, -0.2) is 18.7 Å². The van der Waals surface area contributed by atoms with Gasteiger partial charge in [0.15, 0.2) is 0 Å². The van der Waals surface area contributed by atoms with Crippen molar-refractivity contribution in [1.29, 1.82) is 0 Å². The molecule has 0 aliphatic carbocycles. The third-order valence-corrected chi connectivity index (χ3v) is 1.47. The minimum Gasteiger partial charge on any atom is -0.329 e. The van der Waals surface area contributed by atoms with Gasteiger partial charge in [0, 0.05) is 12.8 Å². The van der Waals surface area contributed by atoms with Crippen molar-refractivity contribution >= 4 is 23.7 Å². The molecule has 3 nitrogen and oxygen atoms in total. The summed E-state index contributed by atoms with van der Waals surface area (Å²) < 4.78 is 0. The monoisotopic (exact) mass is 158 g/mol. The maximum atomic E-state index is 10.8. The molecule has 1 atom stereocenters. The van der Waals surface area contributed by atoms with Crippen LogP contribution < -0.4 is 5.73 Å². The predicted molar refractivity (Wildman–Crippen MR) is 40.0 cm³/mol. The lowest BCUT2D eigenvalue weighted by atomic mass is 10.1. The van der Waals surface area contributed by atoms with Crippen LogP contribution in [0.15, 0.2) is 16.1 Å². The van der Waals surface area contributed by atoms with Crippen molar-refractivity contribution in [2.45, 2.75) is 0 Å². The van der Waals surface area contributed by atoms with Crippen molar-refractivity contribution in [1.82, 2.24) is 0 Å². The molecule has 0 aromatic rings. The molecule has 0 spiro atoms. The molecular formula is C6H7ClN2O. The van der Waals surface area contributed by atoms with Crippen LogP contribution in [0, 0.1) is 5.92 Å². The molecule has 1 amide bonds. The Labute approximate surface area is 63.6 Å². The minimum atomic E-state index is -0.322. The van der Waals surface area contributed by atoms with Gasteiger partial charge >= 0.3 is 0 Å². The highest BCUT2D eigenvalue weighted by Crippen LogP contribution is 2.11. The van der Waals surface area contributed by atoms with Crippen molar-refractivity contribution in [3.05, 3.63) is 11.1 Å². The topological polar surface area (TPSA) is 55.4 Å². The number of carbonyl (C=O) groups excluding carboxylic acids is 1. The molecule has 4 heteroatoms. The second kappa shape index (κ2) is 2.94. The number of aliphatic imine (C=N–C) groups is 1. The maximum Gasteiger partial charge on any atom is 0.253 e. The normalized spacial score (nSPS) is 24.8. The number of hydrogen-bond donors (Lipinski definition) is 1. The van der Waals surface area contributed by atoms with E-state index in [2.05, 4.69) is 4.99 Å². The van der Waals surface area contributed by atoms with E-state index in [9.17, 15) is 4.79 Å². The van der Waals surface area contributed by atoms with Crippen LogP contribution in [-0.2, 0) is 4.79 Å². The number of amides is 1. The maximum absolute atomic E-state index is 10.8. The van der Waals surface area contributed by atoms with Crippen molar-refractivity contribution in [3.63, 3.8) is 0 Å². The van der Waals surface area contributed by atoms with E-state index in [-0.39, 0.29) is 18.4 Å². The van der Waals surface area contributed by atoms with E-state index in [1.165, 1.54) is 6.21 Å². The fraction of sp³-hybridized carbons (Fsp3) is 0.333. The van der Waals surface area contributed by atoms with E-state index in [0.29, 0.717) is 5.03 Å². The van der Waals surface area contributed by atoms with Crippen molar-refractivity contribution in [2.24, 2.45) is 16.6 Å². The van der Waals surface area contributed by atoms with Crippen LogP contribution in [0.2, 0.25) is 0 Å². The summed E-state index contributed by atoms with van der Waals surface area (Å²) in [5, 5.41) is 0.482. The van der Waals surface area contributed by atoms with Gasteiger partial charge in [-0.3, -0.25) is 4.79 Å². The average molecular weight is 159 g/mol. The Morgan fingerprint density at radius 3 is 3.00 bits per heavy atom. The molecule has 0 aromatic heterocycles. The molecule has 1 rings (SSSR count). The first-order valence-electron chi connectivity index (χ1n) is 2.89. The third-order valence-electron chi connectivity index (χ3n) is 1.25. The predicted octanol–water partition coefficient (Wildman–Crippen LogP) is 0.295. The van der Waals surface area contributed by atoms with Gasteiger partial charge in [-0.15, -0.1) is 0 Å². The highest BCUT2D eigenvalue weighted by Gasteiger charge is 2.16. The molecule has 0 radical (unpaired) electrons. The quantitative estimate of drug-likeness (QED) is 0.597. The van der Waals surface area contributed by atoms with Crippen LogP contribution in [0.4, 0.5) is 0 Å². The molecule has 1 unspecified atom stereocenters. The highest BCUT2D eigenvalue weighted by molar-refractivity contribution is 6.40. The van der Waals surface area contributed by atoms with Gasteiger partial charge in [0.1, 0.15) is 0 Å². The van der Waals surface area contributed by atoms with E-state index in [1.807, 2.05) is 0 Å². The molecule has 10 heavy (non-hydrogen) atoms. The number of rotatable bonds is 1. The summed E-state index contributed by atoms with van der Waals surface area (Å²) in [6.07, 6.45) is 2.94. The lowest BCUT2D eigenvalue weighted by molar-refractivity contribution is -0.120. The van der Waals surface area contributed by atoms with Crippen LogP contribution in [0.1, 0.15) is 0 Å². The number of nitrogens with two attached hydrogens (primary N) is 1. The van der Waals surface area contributed by atoms with E-state index in [0.717, 1.165) is 0 Å². The van der Waals surface area contributed by atoms with Crippen LogP contribution in [0.3, 0.4) is 0 Å². The largest absolute Gasteiger partial charge is 0.329 e. The summed E-state index contributed by atoms with van der Waals surface area (Å²) in [6, 6.07) is 0. The van der Waals surface area contributed by atoms with Gasteiger partial charge in [0.25, 0.3) is 5.91 Å². The van der Waals surface area contributed by atoms with E-state index >= 15 is 0 Å². The zero-order valence-corrected chi connectivity index (χ0v) is 6.01. The zero-order valence-electron chi connectivity index (χ0n) is 5.25. The van der Waals surface area contributed by atoms with Crippen molar-refractivity contribution in [3.8, 4) is 0 Å². The number of hydrogen-bond acceptors (Lipinski definition) is 2. The molecule has 2 N–H and O–H groups in total. The van der Waals surface area contributed by atoms with Gasteiger partial charge in [-0.1, -0.05) is 17.7 Å². The fourth-order valence-electron chi connectivity index (χ4n) is 0.696. The molecule has 1 heterocycles. The number of dihydropyridines is 1. The Balaban J connectivity index is 2.76. The molecular weight excluding hydrogens is 152 g/mol. The van der Waals surface area contributed by atoms with Gasteiger partial charge in [-0.05, 0) is 0 Å². The van der Waals surface area contributed by atoms with Crippen molar-refractivity contribution < 1.29 is 4.79 Å². The van der Waals surface area contributed by atoms with Gasteiger partial charge in [0.05, 0.1) is 11.0 Å². The number of allylic oxidation sites excluding steroid dienone is 1. The first kappa shape index (κ1) is 7.44. The van der Waals surface area contributed by atoms with E-state index in [4.69, 9.17) is 17.3 Å². The SMILES string of the molecule is NCC1C=C(Cl)C=NC1=O. The van der Waals surface area contributed by atoms with Gasteiger partial charge in [-0.25, -0.2) is 4.99 Å². The second-order valence-corrected chi connectivity index (χ2v) is 2.43. The van der Waals surface area contributed by atoms with Crippen LogP contribution in [0.5, 0.6) is 0 Å². The molecule has 0 bridgehead atoms. The zero-order chi connectivity index (χ0) is 7.56. The van der Waals surface area contributed by atoms with Gasteiger partial charge in [0.2, 0.25) is 0 Å². The number of carbonyl (C=O) groups is 1. The average Bonchev–Trinajstić information content (AvgIpc) is 1.94. The minimum absolute atomic E-state index is 0.216. The Morgan fingerprint density at radius 2 is 2.50 bits per heavy atom. The molecule has 0 saturated heterocycles. The summed E-state index contributed by atoms with van der Waals surface area (Å²) >= 11 is 5.56. The number of halogens is 1. The van der Waals surface area contributed by atoms with Crippen LogP contribution in [0.25, 0.3) is 0 Å². The van der Waals surface area contributed by atoms with Gasteiger partial charge < -0.3 is 5.73 Å². The Bertz CT molecular complexity index is 210. The Kier molecular flexibility index (Phi) is 2.19. The smallest absolute Gasteiger partial charge is 0.253 e. The molecule has 0 fully saturated rings. The highest BCUT2D eigenvalue weighted by atomic mass is 35.5. The summed E-state index contributed by atoms with van der Waals surface area (Å²) in [5.41, 5.74) is 5.26. The lowest BCUT2D eigenvalue weighted by Crippen LogP contribution is -2.22. The first-order valence-corrected chi connectivity index (χ1v) is 3.27. The van der Waals surface area contributed by atoms with E-state index < -0.39 is 0 Å². The molecule has 1 aliphatic rings. The Morgan fingerprint density at radius 1 is 1.80 bits per heavy atom. The Hall–Kier alpha value is -0.670. The molecule has 54 valence electrons. The number of nitrogens with zero attached hydrogens (tertiary/aromatic N) is 1. The molecule has 0 saturated carbocycles. The fourth-order valence-corrected chi connectivity index (χ4v) is 0.897. The third kappa shape index (κ3) is 1.43. The van der Waals surface area contributed by atoms with E-state index in [1.54, 1.807) is 6.08 Å². The molecule has 1 aliphatic heterocycles. The summed E-state index contributed by atoms with van der Waals surface area (Å²) in [6.45, 7) is 0.270. The summed E-state index contributed by atoms with van der Waals surface area (Å²) in [7, 11) is 0. The standard InChI is InChI=1S/C6H7ClN2O/c7-5-1-4(2-8)6(10)9-3-5/h1,3-4H,2,8H2. The van der Waals surface area contributed by atoms with Crippen LogP contribution >= 0.6 is 11.6 Å². The summed E-state index contributed by atoms with van der Waals surface area (Å²) in [4.78, 5) is 14.3. The first-order chi connectivity index (χ1) is 4.74. The summed E-state index contributed by atoms with van der Waals surface area (Å²) in [5.74, 6) is -0.538. The molecule has 0 aromatic carbocycles.